The molecule has 1 N–H and O–H groups in total. The van der Waals surface area contributed by atoms with E-state index in [2.05, 4.69) is 0 Å². The number of benzene rings is 1. The monoisotopic (exact) mass is 348 g/mol. The SMILES string of the molecule is Cc1cccn(CC(=O)N2C[C@@H](O)C[C@@H]2c2ccc(F)c(F)c2)c1=O. The second kappa shape index (κ2) is 6.76. The van der Waals surface area contributed by atoms with Crippen molar-refractivity contribution >= 4 is 5.91 Å². The lowest BCUT2D eigenvalue weighted by Gasteiger charge is -2.25. The van der Waals surface area contributed by atoms with Gasteiger partial charge in [0.05, 0.1) is 12.1 Å². The first-order valence-corrected chi connectivity index (χ1v) is 7.95. The average Bonchev–Trinajstić information content (AvgIpc) is 2.96. The number of aliphatic hydroxyl groups excluding tert-OH is 1. The van der Waals surface area contributed by atoms with Crippen LogP contribution in [0.25, 0.3) is 0 Å². The highest BCUT2D eigenvalue weighted by Crippen LogP contribution is 2.33. The molecular weight excluding hydrogens is 330 g/mol. The standard InChI is InChI=1S/C18H18F2N2O3/c1-11-3-2-6-21(18(11)25)10-17(24)22-9-13(23)8-16(22)12-4-5-14(19)15(20)7-12/h2-7,13,16,23H,8-10H2,1H3/t13-,16+/m0/s1. The van der Waals surface area contributed by atoms with E-state index in [1.807, 2.05) is 0 Å². The van der Waals surface area contributed by atoms with Crippen molar-refractivity contribution in [2.75, 3.05) is 6.54 Å². The Kier molecular flexibility index (Phi) is 4.67. The molecule has 2 heterocycles. The summed E-state index contributed by atoms with van der Waals surface area (Å²) in [4.78, 5) is 26.1. The molecule has 0 bridgehead atoms. The third kappa shape index (κ3) is 3.46. The Bertz CT molecular complexity index is 866. The molecule has 5 nitrogen and oxygen atoms in total. The predicted molar refractivity (Wildman–Crippen MR) is 86.9 cm³/mol. The number of halogens is 2. The van der Waals surface area contributed by atoms with Crippen LogP contribution in [0.4, 0.5) is 8.78 Å². The largest absolute Gasteiger partial charge is 0.391 e. The minimum Gasteiger partial charge on any atom is -0.391 e. The van der Waals surface area contributed by atoms with E-state index in [1.165, 1.54) is 21.7 Å². The maximum absolute atomic E-state index is 13.5. The van der Waals surface area contributed by atoms with Crippen LogP contribution in [0.3, 0.4) is 0 Å². The average molecular weight is 348 g/mol. The second-order valence-electron chi connectivity index (χ2n) is 6.25. The molecule has 2 atom stereocenters. The molecule has 3 rings (SSSR count). The Morgan fingerprint density at radius 3 is 2.76 bits per heavy atom. The van der Waals surface area contributed by atoms with Gasteiger partial charge in [-0.15, -0.1) is 0 Å². The van der Waals surface area contributed by atoms with E-state index in [0.717, 1.165) is 12.1 Å². The number of β-amino-alcohol motifs (C(OH)–C–C–N with tert-alkyl or cyclic N) is 1. The zero-order valence-corrected chi connectivity index (χ0v) is 13.7. The maximum atomic E-state index is 13.5. The highest BCUT2D eigenvalue weighted by molar-refractivity contribution is 5.77. The Balaban J connectivity index is 1.86. The summed E-state index contributed by atoms with van der Waals surface area (Å²) in [6.07, 6.45) is 1.00. The van der Waals surface area contributed by atoms with E-state index in [4.69, 9.17) is 0 Å². The number of nitrogens with zero attached hydrogens (tertiary/aromatic N) is 2. The van der Waals surface area contributed by atoms with E-state index in [1.54, 1.807) is 19.1 Å². The second-order valence-corrected chi connectivity index (χ2v) is 6.25. The molecule has 0 aliphatic carbocycles. The van der Waals surface area contributed by atoms with E-state index in [9.17, 15) is 23.5 Å². The van der Waals surface area contributed by atoms with Crippen LogP contribution in [-0.2, 0) is 11.3 Å². The van der Waals surface area contributed by atoms with Crippen LogP contribution in [0.15, 0.2) is 41.3 Å². The molecule has 0 unspecified atom stereocenters. The molecule has 25 heavy (non-hydrogen) atoms. The van der Waals surface area contributed by atoms with E-state index < -0.39 is 23.8 Å². The number of amides is 1. The summed E-state index contributed by atoms with van der Waals surface area (Å²) < 4.78 is 28.0. The van der Waals surface area contributed by atoms with Crippen molar-refractivity contribution in [1.82, 2.24) is 9.47 Å². The first-order chi connectivity index (χ1) is 11.9. The van der Waals surface area contributed by atoms with Crippen molar-refractivity contribution in [2.24, 2.45) is 0 Å². The van der Waals surface area contributed by atoms with Gasteiger partial charge < -0.3 is 14.6 Å². The van der Waals surface area contributed by atoms with Crippen molar-refractivity contribution in [3.63, 3.8) is 0 Å². The summed E-state index contributed by atoms with van der Waals surface area (Å²) in [7, 11) is 0. The summed E-state index contributed by atoms with van der Waals surface area (Å²) in [5, 5.41) is 9.94. The maximum Gasteiger partial charge on any atom is 0.253 e. The molecule has 2 aromatic rings. The van der Waals surface area contributed by atoms with Crippen LogP contribution < -0.4 is 5.56 Å². The number of aliphatic hydroxyl groups is 1. The highest BCUT2D eigenvalue weighted by atomic mass is 19.2. The normalized spacial score (nSPS) is 20.1. The van der Waals surface area contributed by atoms with E-state index >= 15 is 0 Å². The molecule has 0 spiro atoms. The zero-order chi connectivity index (χ0) is 18.1. The smallest absolute Gasteiger partial charge is 0.253 e. The van der Waals surface area contributed by atoms with Gasteiger partial charge in [0.15, 0.2) is 11.6 Å². The molecule has 1 aromatic carbocycles. The van der Waals surface area contributed by atoms with Crippen LogP contribution in [-0.4, -0.2) is 33.1 Å². The molecule has 1 aliphatic rings. The summed E-state index contributed by atoms with van der Waals surface area (Å²) in [5.41, 5.74) is 0.675. The third-order valence-electron chi connectivity index (χ3n) is 4.44. The molecule has 1 amide bonds. The number of aromatic nitrogens is 1. The number of hydrogen-bond acceptors (Lipinski definition) is 3. The fourth-order valence-corrected chi connectivity index (χ4v) is 3.14. The number of hydrogen-bond donors (Lipinski definition) is 1. The van der Waals surface area contributed by atoms with Crippen molar-refractivity contribution in [3.05, 3.63) is 69.6 Å². The van der Waals surface area contributed by atoms with Gasteiger partial charge in [-0.3, -0.25) is 9.59 Å². The van der Waals surface area contributed by atoms with Gasteiger partial charge in [0.2, 0.25) is 5.91 Å². The number of likely N-dealkylation sites (tertiary alicyclic amines) is 1. The third-order valence-corrected chi connectivity index (χ3v) is 4.44. The Morgan fingerprint density at radius 2 is 2.04 bits per heavy atom. The Hall–Kier alpha value is -2.54. The number of rotatable bonds is 3. The van der Waals surface area contributed by atoms with Crippen molar-refractivity contribution in [2.45, 2.75) is 32.0 Å². The minimum atomic E-state index is -0.999. The van der Waals surface area contributed by atoms with Gasteiger partial charge in [-0.2, -0.15) is 0 Å². The van der Waals surface area contributed by atoms with Gasteiger partial charge in [-0.05, 0) is 37.1 Å². The number of carbonyl (C=O) groups excluding carboxylic acids is 1. The summed E-state index contributed by atoms with van der Waals surface area (Å²) >= 11 is 0. The van der Waals surface area contributed by atoms with Crippen LogP contribution in [0.5, 0.6) is 0 Å². The van der Waals surface area contributed by atoms with Gasteiger partial charge in [-0.25, -0.2) is 8.78 Å². The van der Waals surface area contributed by atoms with Gasteiger partial charge in [-0.1, -0.05) is 12.1 Å². The van der Waals surface area contributed by atoms with Crippen LogP contribution in [0.1, 0.15) is 23.6 Å². The van der Waals surface area contributed by atoms with Gasteiger partial charge in [0.25, 0.3) is 5.56 Å². The predicted octanol–water partition coefficient (Wildman–Crippen LogP) is 1.77. The number of carbonyl (C=O) groups is 1. The molecule has 0 saturated carbocycles. The van der Waals surface area contributed by atoms with E-state index in [-0.39, 0.29) is 31.0 Å². The number of pyridine rings is 1. The fraction of sp³-hybridized carbons (Fsp3) is 0.333. The summed E-state index contributed by atoms with van der Waals surface area (Å²) in [5.74, 6) is -2.33. The molecule has 1 aromatic heterocycles. The van der Waals surface area contributed by atoms with Gasteiger partial charge in [0.1, 0.15) is 6.54 Å². The highest BCUT2D eigenvalue weighted by Gasteiger charge is 2.35. The van der Waals surface area contributed by atoms with Crippen molar-refractivity contribution in [3.8, 4) is 0 Å². The molecule has 132 valence electrons. The van der Waals surface area contributed by atoms with Gasteiger partial charge in [0, 0.05) is 18.3 Å². The van der Waals surface area contributed by atoms with Crippen LogP contribution >= 0.6 is 0 Å². The molecular formula is C18H18F2N2O3. The lowest BCUT2D eigenvalue weighted by atomic mass is 10.0. The number of aryl methyl sites for hydroxylation is 1. The minimum absolute atomic E-state index is 0.0864. The topological polar surface area (TPSA) is 62.5 Å². The van der Waals surface area contributed by atoms with Crippen LogP contribution in [0, 0.1) is 18.6 Å². The van der Waals surface area contributed by atoms with Gasteiger partial charge >= 0.3 is 0 Å². The van der Waals surface area contributed by atoms with Crippen molar-refractivity contribution < 1.29 is 18.7 Å². The Morgan fingerprint density at radius 1 is 1.28 bits per heavy atom. The summed E-state index contributed by atoms with van der Waals surface area (Å²) in [6.45, 7) is 1.57. The first kappa shape index (κ1) is 17.3. The fourth-order valence-electron chi connectivity index (χ4n) is 3.14. The first-order valence-electron chi connectivity index (χ1n) is 7.95. The molecule has 1 fully saturated rings. The lowest BCUT2D eigenvalue weighted by molar-refractivity contribution is -0.133. The summed E-state index contributed by atoms with van der Waals surface area (Å²) in [6, 6.07) is 6.22. The van der Waals surface area contributed by atoms with E-state index in [0.29, 0.717) is 11.1 Å². The molecule has 7 heteroatoms. The Labute approximate surface area is 143 Å². The lowest BCUT2D eigenvalue weighted by Crippen LogP contribution is -2.37. The van der Waals surface area contributed by atoms with Crippen LogP contribution in [0.2, 0.25) is 0 Å². The molecule has 1 aliphatic heterocycles. The molecule has 1 saturated heterocycles. The quantitative estimate of drug-likeness (QED) is 0.920. The molecule has 0 radical (unpaired) electrons. The van der Waals surface area contributed by atoms with Crippen molar-refractivity contribution in [1.29, 1.82) is 0 Å². The zero-order valence-electron chi connectivity index (χ0n) is 13.7.